The van der Waals surface area contributed by atoms with E-state index in [2.05, 4.69) is 6.92 Å². The van der Waals surface area contributed by atoms with Gasteiger partial charge < -0.3 is 9.47 Å². The molecule has 0 fully saturated rings. The fourth-order valence-corrected chi connectivity index (χ4v) is 3.79. The van der Waals surface area contributed by atoms with Crippen LogP contribution in [0.5, 0.6) is 0 Å². The standard InChI is InChI=1S/C24H46O4/c1-5-9-10-11-12-13-14-15-16-17-18-19-20-24(6-2,23(26)28-8-4)21-22(25)27-7-3/h5-21H2,1-4H3. The van der Waals surface area contributed by atoms with Crippen molar-refractivity contribution in [2.45, 2.75) is 124 Å². The first-order valence-electron chi connectivity index (χ1n) is 11.9. The average molecular weight is 399 g/mol. The van der Waals surface area contributed by atoms with Crippen LogP contribution < -0.4 is 0 Å². The van der Waals surface area contributed by atoms with Crippen LogP contribution in [0.3, 0.4) is 0 Å². The van der Waals surface area contributed by atoms with Gasteiger partial charge >= 0.3 is 11.9 Å². The van der Waals surface area contributed by atoms with Crippen LogP contribution in [0.1, 0.15) is 124 Å². The predicted molar refractivity (Wildman–Crippen MR) is 116 cm³/mol. The van der Waals surface area contributed by atoms with Crippen LogP contribution in [0, 0.1) is 5.41 Å². The molecule has 0 aromatic carbocycles. The first-order valence-corrected chi connectivity index (χ1v) is 11.9. The van der Waals surface area contributed by atoms with Gasteiger partial charge in [0, 0.05) is 0 Å². The van der Waals surface area contributed by atoms with E-state index in [1.54, 1.807) is 6.92 Å². The highest BCUT2D eigenvalue weighted by Gasteiger charge is 2.40. The molecular weight excluding hydrogens is 352 g/mol. The summed E-state index contributed by atoms with van der Waals surface area (Å²) in [5.41, 5.74) is -0.721. The van der Waals surface area contributed by atoms with Crippen molar-refractivity contribution in [1.82, 2.24) is 0 Å². The van der Waals surface area contributed by atoms with E-state index in [9.17, 15) is 9.59 Å². The van der Waals surface area contributed by atoms with Gasteiger partial charge in [-0.05, 0) is 26.7 Å². The molecule has 28 heavy (non-hydrogen) atoms. The summed E-state index contributed by atoms with van der Waals surface area (Å²) in [6.45, 7) is 8.53. The van der Waals surface area contributed by atoms with Gasteiger partial charge in [-0.1, -0.05) is 90.9 Å². The lowest BCUT2D eigenvalue weighted by Gasteiger charge is -2.29. The van der Waals surface area contributed by atoms with Crippen LogP contribution >= 0.6 is 0 Å². The maximum absolute atomic E-state index is 12.5. The van der Waals surface area contributed by atoms with Crippen molar-refractivity contribution in [3.8, 4) is 0 Å². The van der Waals surface area contributed by atoms with Crippen LogP contribution in [0.25, 0.3) is 0 Å². The maximum atomic E-state index is 12.5. The highest BCUT2D eigenvalue weighted by Crippen LogP contribution is 2.35. The van der Waals surface area contributed by atoms with Gasteiger partial charge in [0.05, 0.1) is 25.0 Å². The number of unbranched alkanes of at least 4 members (excludes halogenated alkanes) is 11. The lowest BCUT2D eigenvalue weighted by molar-refractivity contribution is -0.163. The quantitative estimate of drug-likeness (QED) is 0.174. The van der Waals surface area contributed by atoms with E-state index in [1.165, 1.54) is 64.2 Å². The summed E-state index contributed by atoms with van der Waals surface area (Å²) in [7, 11) is 0. The van der Waals surface area contributed by atoms with Crippen LogP contribution in [-0.4, -0.2) is 25.2 Å². The van der Waals surface area contributed by atoms with Gasteiger partial charge in [-0.2, -0.15) is 0 Å². The third-order valence-corrected chi connectivity index (χ3v) is 5.68. The lowest BCUT2D eigenvalue weighted by Crippen LogP contribution is -2.35. The number of carbonyl (C=O) groups is 2. The Labute approximate surface area is 174 Å². The van der Waals surface area contributed by atoms with Gasteiger partial charge in [0.2, 0.25) is 0 Å². The monoisotopic (exact) mass is 398 g/mol. The van der Waals surface area contributed by atoms with Crippen molar-refractivity contribution in [1.29, 1.82) is 0 Å². The Morgan fingerprint density at radius 3 is 1.54 bits per heavy atom. The largest absolute Gasteiger partial charge is 0.466 e. The number of carbonyl (C=O) groups excluding carboxylic acids is 2. The SMILES string of the molecule is CCCCCCCCCCCCCCC(CC)(CC(=O)OCC)C(=O)OCC. The second-order valence-corrected chi connectivity index (χ2v) is 7.98. The normalized spacial score (nSPS) is 13.1. The Balaban J connectivity index is 4.10. The third kappa shape index (κ3) is 12.4. The molecule has 0 aliphatic rings. The molecule has 0 heterocycles. The summed E-state index contributed by atoms with van der Waals surface area (Å²) >= 11 is 0. The zero-order valence-electron chi connectivity index (χ0n) is 19.2. The molecule has 166 valence electrons. The summed E-state index contributed by atoms with van der Waals surface area (Å²) in [5.74, 6) is -0.537. The van der Waals surface area contributed by atoms with E-state index >= 15 is 0 Å². The smallest absolute Gasteiger partial charge is 0.312 e. The first-order chi connectivity index (χ1) is 13.6. The number of rotatable bonds is 19. The van der Waals surface area contributed by atoms with Gasteiger partial charge in [-0.25, -0.2) is 0 Å². The van der Waals surface area contributed by atoms with E-state index in [-0.39, 0.29) is 18.4 Å². The number of hydrogen-bond donors (Lipinski definition) is 0. The van der Waals surface area contributed by atoms with E-state index in [4.69, 9.17) is 9.47 Å². The highest BCUT2D eigenvalue weighted by atomic mass is 16.5. The van der Waals surface area contributed by atoms with Crippen LogP contribution in [0.15, 0.2) is 0 Å². The van der Waals surface area contributed by atoms with Gasteiger partial charge in [-0.3, -0.25) is 9.59 Å². The fourth-order valence-electron chi connectivity index (χ4n) is 3.79. The van der Waals surface area contributed by atoms with Crippen molar-refractivity contribution in [2.75, 3.05) is 13.2 Å². The molecule has 1 atom stereocenters. The van der Waals surface area contributed by atoms with Crippen molar-refractivity contribution >= 4 is 11.9 Å². The number of hydrogen-bond acceptors (Lipinski definition) is 4. The fraction of sp³-hybridized carbons (Fsp3) is 0.917. The molecule has 0 aliphatic heterocycles. The Morgan fingerprint density at radius 1 is 0.643 bits per heavy atom. The molecule has 1 unspecified atom stereocenters. The molecule has 0 bridgehead atoms. The van der Waals surface area contributed by atoms with E-state index < -0.39 is 5.41 Å². The van der Waals surface area contributed by atoms with Crippen molar-refractivity contribution in [3.05, 3.63) is 0 Å². The molecular formula is C24H46O4. The number of esters is 2. The van der Waals surface area contributed by atoms with Gasteiger partial charge in [0.15, 0.2) is 0 Å². The van der Waals surface area contributed by atoms with Crippen LogP contribution in [0.2, 0.25) is 0 Å². The van der Waals surface area contributed by atoms with Crippen molar-refractivity contribution in [2.24, 2.45) is 5.41 Å². The zero-order valence-corrected chi connectivity index (χ0v) is 19.2. The van der Waals surface area contributed by atoms with E-state index in [1.807, 2.05) is 13.8 Å². The minimum Gasteiger partial charge on any atom is -0.466 e. The first kappa shape index (κ1) is 26.9. The third-order valence-electron chi connectivity index (χ3n) is 5.68. The second kappa shape index (κ2) is 18.0. The summed E-state index contributed by atoms with van der Waals surface area (Å²) in [5, 5.41) is 0. The highest BCUT2D eigenvalue weighted by molar-refractivity contribution is 5.83. The molecule has 0 spiro atoms. The Hall–Kier alpha value is -1.06. The minimum atomic E-state index is -0.721. The number of ether oxygens (including phenoxy) is 2. The molecule has 4 heteroatoms. The van der Waals surface area contributed by atoms with Gasteiger partial charge in [0.1, 0.15) is 0 Å². The molecule has 0 saturated heterocycles. The Bertz CT molecular complexity index is 394. The second-order valence-electron chi connectivity index (χ2n) is 7.98. The molecule has 0 aliphatic carbocycles. The summed E-state index contributed by atoms with van der Waals surface area (Å²) in [6.07, 6.45) is 16.9. The molecule has 0 aromatic heterocycles. The van der Waals surface area contributed by atoms with Gasteiger partial charge in [-0.15, -0.1) is 0 Å². The molecule has 0 aromatic rings. The molecule has 0 radical (unpaired) electrons. The lowest BCUT2D eigenvalue weighted by atomic mass is 9.77. The van der Waals surface area contributed by atoms with Crippen molar-refractivity contribution in [3.63, 3.8) is 0 Å². The van der Waals surface area contributed by atoms with E-state index in [0.717, 1.165) is 12.8 Å². The topological polar surface area (TPSA) is 52.6 Å². The predicted octanol–water partition coefficient (Wildman–Crippen LogP) is 6.99. The molecule has 0 saturated carbocycles. The Kier molecular flexibility index (Phi) is 17.3. The molecule has 0 N–H and O–H groups in total. The molecule has 4 nitrogen and oxygen atoms in total. The van der Waals surface area contributed by atoms with Gasteiger partial charge in [0.25, 0.3) is 0 Å². The zero-order chi connectivity index (χ0) is 21.1. The Morgan fingerprint density at radius 2 is 1.11 bits per heavy atom. The molecule has 0 rings (SSSR count). The molecule has 0 amide bonds. The summed E-state index contributed by atoms with van der Waals surface area (Å²) < 4.78 is 10.4. The summed E-state index contributed by atoms with van der Waals surface area (Å²) in [6, 6.07) is 0. The average Bonchev–Trinajstić information content (AvgIpc) is 2.68. The minimum absolute atomic E-state index is 0.133. The van der Waals surface area contributed by atoms with E-state index in [0.29, 0.717) is 26.1 Å². The van der Waals surface area contributed by atoms with Crippen LogP contribution in [-0.2, 0) is 19.1 Å². The maximum Gasteiger partial charge on any atom is 0.312 e. The van der Waals surface area contributed by atoms with Crippen LogP contribution in [0.4, 0.5) is 0 Å². The van der Waals surface area contributed by atoms with Crippen molar-refractivity contribution < 1.29 is 19.1 Å². The summed E-state index contributed by atoms with van der Waals surface area (Å²) in [4.78, 5) is 24.6.